The third-order valence-corrected chi connectivity index (χ3v) is 2.83. The zero-order chi connectivity index (χ0) is 15.6. The highest BCUT2D eigenvalue weighted by atomic mass is 35.5. The number of amides is 2. The number of hydrogen-bond acceptors (Lipinski definition) is 2. The van der Waals surface area contributed by atoms with Crippen LogP contribution < -0.4 is 10.6 Å². The second-order valence-corrected chi connectivity index (χ2v) is 4.54. The lowest BCUT2D eigenvalue weighted by Gasteiger charge is -2.14. The van der Waals surface area contributed by atoms with Crippen LogP contribution in [0.4, 0.5) is 29.5 Å². The monoisotopic (exact) mass is 318 g/mol. The number of halogens is 4. The molecule has 1 heterocycles. The summed E-state index contributed by atoms with van der Waals surface area (Å²) in [6.07, 6.45) is -3.18. The molecular formula is C12H10ClF3N4O. The Balaban J connectivity index is 2.20. The molecule has 9 heteroatoms. The van der Waals surface area contributed by atoms with Gasteiger partial charge in [0.15, 0.2) is 0 Å². The predicted octanol–water partition coefficient (Wildman–Crippen LogP) is 3.74. The molecular weight excluding hydrogens is 309 g/mol. The average molecular weight is 319 g/mol. The van der Waals surface area contributed by atoms with Crippen molar-refractivity contribution >= 4 is 29.1 Å². The zero-order valence-electron chi connectivity index (χ0n) is 10.7. The van der Waals surface area contributed by atoms with Gasteiger partial charge >= 0.3 is 12.2 Å². The fourth-order valence-corrected chi connectivity index (χ4v) is 1.80. The van der Waals surface area contributed by atoms with Crippen LogP contribution in [-0.2, 0) is 13.2 Å². The van der Waals surface area contributed by atoms with Gasteiger partial charge in [0.1, 0.15) is 5.82 Å². The molecule has 0 bridgehead atoms. The molecule has 2 N–H and O–H groups in total. The molecule has 0 spiro atoms. The standard InChI is InChI=1S/C12H10ClF3N4O/c1-20-10(4-5-17-20)19-11(21)18-9-3-2-7(13)6-8(9)12(14,15)16/h2-6H,1H3,(H2,18,19,21). The Morgan fingerprint density at radius 2 is 2.00 bits per heavy atom. The van der Waals surface area contributed by atoms with Crippen molar-refractivity contribution < 1.29 is 18.0 Å². The normalized spacial score (nSPS) is 11.3. The molecule has 0 atom stereocenters. The van der Waals surface area contributed by atoms with Crippen LogP contribution in [0, 0.1) is 0 Å². The number of aromatic nitrogens is 2. The molecule has 0 aliphatic rings. The van der Waals surface area contributed by atoms with Crippen molar-refractivity contribution in [1.29, 1.82) is 0 Å². The van der Waals surface area contributed by atoms with Gasteiger partial charge in [0.2, 0.25) is 0 Å². The Bertz CT molecular complexity index is 669. The van der Waals surface area contributed by atoms with Gasteiger partial charge in [-0.3, -0.25) is 10.00 Å². The minimum atomic E-state index is -4.62. The highest BCUT2D eigenvalue weighted by Gasteiger charge is 2.34. The second-order valence-electron chi connectivity index (χ2n) is 4.11. The summed E-state index contributed by atoms with van der Waals surface area (Å²) in [5.41, 5.74) is -1.40. The van der Waals surface area contributed by atoms with Crippen LogP contribution in [0.1, 0.15) is 5.56 Å². The first-order valence-corrected chi connectivity index (χ1v) is 6.08. The smallest absolute Gasteiger partial charge is 0.307 e. The number of carbonyl (C=O) groups excluding carboxylic acids is 1. The van der Waals surface area contributed by atoms with E-state index in [0.717, 1.165) is 12.1 Å². The Hall–Kier alpha value is -2.22. The summed E-state index contributed by atoms with van der Waals surface area (Å²) in [5.74, 6) is 0.343. The van der Waals surface area contributed by atoms with E-state index in [9.17, 15) is 18.0 Å². The number of rotatable bonds is 2. The number of anilines is 2. The van der Waals surface area contributed by atoms with Crippen LogP contribution in [0.15, 0.2) is 30.5 Å². The highest BCUT2D eigenvalue weighted by molar-refractivity contribution is 6.30. The molecule has 2 amide bonds. The lowest BCUT2D eigenvalue weighted by atomic mass is 10.1. The maximum absolute atomic E-state index is 12.9. The number of benzene rings is 1. The van der Waals surface area contributed by atoms with Gasteiger partial charge in [-0.05, 0) is 18.2 Å². The molecule has 21 heavy (non-hydrogen) atoms. The number of nitrogens with zero attached hydrogens (tertiary/aromatic N) is 2. The molecule has 1 aromatic carbocycles. The minimum absolute atomic E-state index is 0.0695. The van der Waals surface area contributed by atoms with Gasteiger partial charge in [0, 0.05) is 18.1 Å². The third-order valence-electron chi connectivity index (χ3n) is 2.60. The van der Waals surface area contributed by atoms with Crippen molar-refractivity contribution in [3.05, 3.63) is 41.0 Å². The molecule has 0 radical (unpaired) electrons. The average Bonchev–Trinajstić information content (AvgIpc) is 2.76. The summed E-state index contributed by atoms with van der Waals surface area (Å²) < 4.78 is 40.0. The van der Waals surface area contributed by atoms with Crippen molar-refractivity contribution in [3.8, 4) is 0 Å². The van der Waals surface area contributed by atoms with E-state index in [2.05, 4.69) is 15.7 Å². The van der Waals surface area contributed by atoms with Crippen molar-refractivity contribution in [1.82, 2.24) is 9.78 Å². The summed E-state index contributed by atoms with van der Waals surface area (Å²) >= 11 is 5.56. The highest BCUT2D eigenvalue weighted by Crippen LogP contribution is 2.36. The first kappa shape index (κ1) is 15.2. The topological polar surface area (TPSA) is 59.0 Å². The Labute approximate surface area is 122 Å². The van der Waals surface area contributed by atoms with E-state index in [0.29, 0.717) is 5.82 Å². The van der Waals surface area contributed by atoms with E-state index in [-0.39, 0.29) is 10.7 Å². The van der Waals surface area contributed by atoms with Crippen molar-refractivity contribution in [2.45, 2.75) is 6.18 Å². The van der Waals surface area contributed by atoms with Crippen LogP contribution >= 0.6 is 11.6 Å². The molecule has 0 unspecified atom stereocenters. The molecule has 2 aromatic rings. The van der Waals surface area contributed by atoms with E-state index in [1.54, 1.807) is 7.05 Å². The van der Waals surface area contributed by atoms with Crippen LogP contribution in [-0.4, -0.2) is 15.8 Å². The number of urea groups is 1. The maximum atomic E-state index is 12.9. The number of aryl methyl sites for hydroxylation is 1. The summed E-state index contributed by atoms with van der Waals surface area (Å²) in [6.45, 7) is 0. The number of nitrogens with one attached hydrogen (secondary N) is 2. The van der Waals surface area contributed by atoms with Crippen molar-refractivity contribution in [2.75, 3.05) is 10.6 Å². The van der Waals surface area contributed by atoms with Crippen LogP contribution in [0.3, 0.4) is 0 Å². The van der Waals surface area contributed by atoms with Gasteiger partial charge in [-0.1, -0.05) is 11.6 Å². The molecule has 0 saturated heterocycles. The number of alkyl halides is 3. The largest absolute Gasteiger partial charge is 0.418 e. The molecule has 5 nitrogen and oxygen atoms in total. The molecule has 0 fully saturated rings. The molecule has 0 aliphatic carbocycles. The van der Waals surface area contributed by atoms with E-state index in [4.69, 9.17) is 11.6 Å². The zero-order valence-corrected chi connectivity index (χ0v) is 11.5. The Morgan fingerprint density at radius 1 is 1.29 bits per heavy atom. The molecule has 112 valence electrons. The van der Waals surface area contributed by atoms with E-state index in [1.807, 2.05) is 0 Å². The number of carbonyl (C=O) groups is 1. The minimum Gasteiger partial charge on any atom is -0.307 e. The fraction of sp³-hybridized carbons (Fsp3) is 0.167. The SMILES string of the molecule is Cn1nccc1NC(=O)Nc1ccc(Cl)cc1C(F)(F)F. The molecule has 1 aromatic heterocycles. The lowest BCUT2D eigenvalue weighted by molar-refractivity contribution is -0.136. The van der Waals surface area contributed by atoms with Crippen LogP contribution in [0.2, 0.25) is 5.02 Å². The predicted molar refractivity (Wildman–Crippen MR) is 72.3 cm³/mol. The first-order chi connectivity index (χ1) is 9.77. The fourth-order valence-electron chi connectivity index (χ4n) is 1.63. The van der Waals surface area contributed by atoms with Gasteiger partial charge in [0.25, 0.3) is 0 Å². The first-order valence-electron chi connectivity index (χ1n) is 5.70. The quantitative estimate of drug-likeness (QED) is 0.886. The van der Waals surface area contributed by atoms with E-state index < -0.39 is 17.8 Å². The molecule has 2 rings (SSSR count). The van der Waals surface area contributed by atoms with Crippen molar-refractivity contribution in [3.63, 3.8) is 0 Å². The van der Waals surface area contributed by atoms with E-state index >= 15 is 0 Å². The van der Waals surface area contributed by atoms with Gasteiger partial charge in [-0.25, -0.2) is 4.79 Å². The van der Waals surface area contributed by atoms with Crippen molar-refractivity contribution in [2.24, 2.45) is 7.05 Å². The van der Waals surface area contributed by atoms with Crippen LogP contribution in [0.25, 0.3) is 0 Å². The summed E-state index contributed by atoms with van der Waals surface area (Å²) in [7, 11) is 1.58. The summed E-state index contributed by atoms with van der Waals surface area (Å²) in [4.78, 5) is 11.7. The lowest BCUT2D eigenvalue weighted by Crippen LogP contribution is -2.23. The summed E-state index contributed by atoms with van der Waals surface area (Å²) in [6, 6.07) is 3.80. The molecule has 0 aliphatic heterocycles. The Morgan fingerprint density at radius 3 is 2.57 bits per heavy atom. The maximum Gasteiger partial charge on any atom is 0.418 e. The van der Waals surface area contributed by atoms with E-state index in [1.165, 1.54) is 23.0 Å². The van der Waals surface area contributed by atoms with Crippen LogP contribution in [0.5, 0.6) is 0 Å². The summed E-state index contributed by atoms with van der Waals surface area (Å²) in [5, 5.41) is 8.27. The van der Waals surface area contributed by atoms with Gasteiger partial charge < -0.3 is 5.32 Å². The Kier molecular flexibility index (Phi) is 4.08. The second kappa shape index (κ2) is 5.65. The van der Waals surface area contributed by atoms with Gasteiger partial charge in [0.05, 0.1) is 17.4 Å². The van der Waals surface area contributed by atoms with Gasteiger partial charge in [-0.2, -0.15) is 18.3 Å². The third kappa shape index (κ3) is 3.66. The van der Waals surface area contributed by atoms with Gasteiger partial charge in [-0.15, -0.1) is 0 Å². The number of hydrogen-bond donors (Lipinski definition) is 2. The molecule has 0 saturated carbocycles.